The second-order valence-electron chi connectivity index (χ2n) is 8.66. The molecule has 2 aliphatic heterocycles. The molecule has 6 nitrogen and oxygen atoms in total. The SMILES string of the molecule is O=C(C[NH+]1CCN(c2ccccc2O)CC1)NC1CC[NH+](Cc2ccccc2)CC1. The monoisotopic (exact) mass is 410 g/mol. The Morgan fingerprint density at radius 2 is 1.60 bits per heavy atom. The number of nitrogens with zero attached hydrogens (tertiary/aromatic N) is 1. The van der Waals surface area contributed by atoms with Gasteiger partial charge in [0.2, 0.25) is 0 Å². The molecule has 4 rings (SSSR count). The zero-order valence-electron chi connectivity index (χ0n) is 17.6. The number of likely N-dealkylation sites (tertiary alicyclic amines) is 1. The summed E-state index contributed by atoms with van der Waals surface area (Å²) in [7, 11) is 0. The second-order valence-corrected chi connectivity index (χ2v) is 8.66. The van der Waals surface area contributed by atoms with E-state index in [0.29, 0.717) is 18.3 Å². The van der Waals surface area contributed by atoms with E-state index in [1.807, 2.05) is 18.2 Å². The Kier molecular flexibility index (Phi) is 6.87. The first-order valence-corrected chi connectivity index (χ1v) is 11.2. The lowest BCUT2D eigenvalue weighted by molar-refractivity contribution is -0.918. The summed E-state index contributed by atoms with van der Waals surface area (Å²) in [4.78, 5) is 17.7. The fourth-order valence-corrected chi connectivity index (χ4v) is 4.71. The van der Waals surface area contributed by atoms with Crippen LogP contribution in [-0.2, 0) is 11.3 Å². The van der Waals surface area contributed by atoms with Crippen LogP contribution in [0.5, 0.6) is 5.75 Å². The van der Waals surface area contributed by atoms with E-state index in [1.165, 1.54) is 10.5 Å². The van der Waals surface area contributed by atoms with Crippen LogP contribution >= 0.6 is 0 Å². The van der Waals surface area contributed by atoms with E-state index < -0.39 is 0 Å². The van der Waals surface area contributed by atoms with Gasteiger partial charge in [0.05, 0.1) is 45.0 Å². The molecule has 2 aromatic carbocycles. The number of hydrogen-bond acceptors (Lipinski definition) is 3. The van der Waals surface area contributed by atoms with Crippen LogP contribution in [0, 0.1) is 0 Å². The first-order chi connectivity index (χ1) is 14.7. The molecule has 0 bridgehead atoms. The molecule has 0 spiro atoms. The predicted octanol–water partition coefficient (Wildman–Crippen LogP) is -0.539. The highest BCUT2D eigenvalue weighted by Crippen LogP contribution is 2.25. The van der Waals surface area contributed by atoms with E-state index in [2.05, 4.69) is 40.5 Å². The Bertz CT molecular complexity index is 813. The van der Waals surface area contributed by atoms with E-state index in [-0.39, 0.29) is 5.91 Å². The topological polar surface area (TPSA) is 61.5 Å². The molecule has 2 saturated heterocycles. The third kappa shape index (κ3) is 5.52. The summed E-state index contributed by atoms with van der Waals surface area (Å²) < 4.78 is 0. The average Bonchev–Trinajstić information content (AvgIpc) is 2.77. The zero-order valence-corrected chi connectivity index (χ0v) is 17.6. The van der Waals surface area contributed by atoms with Crippen LogP contribution in [0.2, 0.25) is 0 Å². The van der Waals surface area contributed by atoms with Gasteiger partial charge in [0, 0.05) is 24.4 Å². The van der Waals surface area contributed by atoms with Crippen LogP contribution < -0.4 is 20.0 Å². The molecule has 0 saturated carbocycles. The van der Waals surface area contributed by atoms with E-state index >= 15 is 0 Å². The van der Waals surface area contributed by atoms with Crippen molar-refractivity contribution >= 4 is 11.6 Å². The van der Waals surface area contributed by atoms with Crippen molar-refractivity contribution in [3.05, 3.63) is 60.2 Å². The molecular weight excluding hydrogens is 376 g/mol. The van der Waals surface area contributed by atoms with Crippen molar-refractivity contribution in [3.8, 4) is 5.75 Å². The third-order valence-electron chi connectivity index (χ3n) is 6.46. The van der Waals surface area contributed by atoms with Crippen LogP contribution in [0.25, 0.3) is 0 Å². The Morgan fingerprint density at radius 1 is 0.933 bits per heavy atom. The van der Waals surface area contributed by atoms with Gasteiger partial charge in [0.15, 0.2) is 6.54 Å². The summed E-state index contributed by atoms with van der Waals surface area (Å²) >= 11 is 0. The number of benzene rings is 2. The number of aromatic hydroxyl groups is 1. The summed E-state index contributed by atoms with van der Waals surface area (Å²) in [5.74, 6) is 0.511. The van der Waals surface area contributed by atoms with Gasteiger partial charge in [-0.2, -0.15) is 0 Å². The fourth-order valence-electron chi connectivity index (χ4n) is 4.71. The largest absolute Gasteiger partial charge is 0.506 e. The molecular formula is C24H34N4O2+2. The van der Waals surface area contributed by atoms with Gasteiger partial charge in [-0.05, 0) is 12.1 Å². The maximum absolute atomic E-state index is 12.6. The standard InChI is InChI=1S/C24H32N4O2/c29-23-9-5-4-8-22(23)28-16-14-27(15-17-28)19-24(30)25-21-10-12-26(13-11-21)18-20-6-2-1-3-7-20/h1-9,21,29H,10-19H2,(H,25,30)/p+2. The number of carbonyl (C=O) groups excluding carboxylic acids is 1. The third-order valence-corrected chi connectivity index (χ3v) is 6.46. The minimum Gasteiger partial charge on any atom is -0.506 e. The van der Waals surface area contributed by atoms with Gasteiger partial charge in [-0.3, -0.25) is 4.79 Å². The first-order valence-electron chi connectivity index (χ1n) is 11.2. The Labute approximate surface area is 179 Å². The van der Waals surface area contributed by atoms with Crippen LogP contribution in [0.15, 0.2) is 54.6 Å². The van der Waals surface area contributed by atoms with Crippen molar-refractivity contribution in [3.63, 3.8) is 0 Å². The molecule has 160 valence electrons. The molecule has 2 heterocycles. The van der Waals surface area contributed by atoms with Crippen molar-refractivity contribution in [1.29, 1.82) is 0 Å². The maximum Gasteiger partial charge on any atom is 0.275 e. The molecule has 2 fully saturated rings. The summed E-state index contributed by atoms with van der Waals surface area (Å²) in [6.07, 6.45) is 2.12. The van der Waals surface area contributed by atoms with Gasteiger partial charge >= 0.3 is 0 Å². The quantitative estimate of drug-likeness (QED) is 0.518. The van der Waals surface area contributed by atoms with Gasteiger partial charge in [-0.25, -0.2) is 0 Å². The zero-order chi connectivity index (χ0) is 20.8. The van der Waals surface area contributed by atoms with Crippen molar-refractivity contribution in [2.75, 3.05) is 50.7 Å². The lowest BCUT2D eigenvalue weighted by Crippen LogP contribution is -3.16. The number of hydrogen-bond donors (Lipinski definition) is 4. The average molecular weight is 411 g/mol. The van der Waals surface area contributed by atoms with Gasteiger partial charge in [-0.15, -0.1) is 0 Å². The highest BCUT2D eigenvalue weighted by atomic mass is 16.3. The van der Waals surface area contributed by atoms with E-state index in [9.17, 15) is 9.90 Å². The second kappa shape index (κ2) is 9.96. The van der Waals surface area contributed by atoms with Gasteiger partial charge < -0.3 is 25.1 Å². The Hall–Kier alpha value is -2.57. The number of phenolic OH excluding ortho intramolecular Hbond substituents is 1. The number of carbonyl (C=O) groups is 1. The number of amides is 1. The number of anilines is 1. The summed E-state index contributed by atoms with van der Waals surface area (Å²) in [5, 5.41) is 13.3. The molecule has 0 aliphatic carbocycles. The predicted molar refractivity (Wildman–Crippen MR) is 118 cm³/mol. The molecule has 6 heteroatoms. The van der Waals surface area contributed by atoms with Crippen molar-refractivity contribution in [1.82, 2.24) is 5.32 Å². The van der Waals surface area contributed by atoms with Crippen LogP contribution in [0.3, 0.4) is 0 Å². The molecule has 0 radical (unpaired) electrons. The van der Waals surface area contributed by atoms with Gasteiger partial charge in [0.25, 0.3) is 5.91 Å². The van der Waals surface area contributed by atoms with Crippen LogP contribution in [0.4, 0.5) is 5.69 Å². The van der Waals surface area contributed by atoms with E-state index in [4.69, 9.17) is 0 Å². The Balaban J connectivity index is 1.16. The molecule has 2 aliphatic rings. The molecule has 0 unspecified atom stereocenters. The molecule has 0 aromatic heterocycles. The lowest BCUT2D eigenvalue weighted by atomic mass is 10.0. The van der Waals surface area contributed by atoms with E-state index in [1.54, 1.807) is 11.0 Å². The number of nitrogens with one attached hydrogen (secondary N) is 3. The molecule has 1 amide bonds. The fraction of sp³-hybridized carbons (Fsp3) is 0.458. The minimum atomic E-state index is 0.178. The number of piperazine rings is 1. The smallest absolute Gasteiger partial charge is 0.275 e. The molecule has 4 N–H and O–H groups in total. The van der Waals surface area contributed by atoms with E-state index in [0.717, 1.165) is 64.3 Å². The number of quaternary nitrogens is 2. The number of piperidine rings is 1. The van der Waals surface area contributed by atoms with Crippen LogP contribution in [0.1, 0.15) is 18.4 Å². The van der Waals surface area contributed by atoms with Gasteiger partial charge in [0.1, 0.15) is 12.3 Å². The van der Waals surface area contributed by atoms with Crippen molar-refractivity contribution in [2.45, 2.75) is 25.4 Å². The molecule has 2 aromatic rings. The number of para-hydroxylation sites is 2. The first kappa shape index (κ1) is 20.7. The maximum atomic E-state index is 12.6. The summed E-state index contributed by atoms with van der Waals surface area (Å²) in [6, 6.07) is 18.5. The number of phenols is 1. The number of rotatable bonds is 6. The summed E-state index contributed by atoms with van der Waals surface area (Å²) in [5.41, 5.74) is 2.28. The molecule has 30 heavy (non-hydrogen) atoms. The van der Waals surface area contributed by atoms with Crippen LogP contribution in [-0.4, -0.2) is 62.9 Å². The van der Waals surface area contributed by atoms with Gasteiger partial charge in [-0.1, -0.05) is 42.5 Å². The lowest BCUT2D eigenvalue weighted by Gasteiger charge is -2.34. The summed E-state index contributed by atoms with van der Waals surface area (Å²) in [6.45, 7) is 7.42. The van der Waals surface area contributed by atoms with Crippen molar-refractivity contribution < 1.29 is 19.7 Å². The Morgan fingerprint density at radius 3 is 2.30 bits per heavy atom. The molecule has 0 atom stereocenters. The minimum absolute atomic E-state index is 0.178. The van der Waals surface area contributed by atoms with Crippen molar-refractivity contribution in [2.24, 2.45) is 0 Å². The normalized spacial score (nSPS) is 22.6. The highest BCUT2D eigenvalue weighted by Gasteiger charge is 2.27. The highest BCUT2D eigenvalue weighted by molar-refractivity contribution is 5.77.